The van der Waals surface area contributed by atoms with Crippen molar-refractivity contribution < 1.29 is 28.6 Å². The van der Waals surface area contributed by atoms with Crippen LogP contribution in [-0.2, 0) is 0 Å². The van der Waals surface area contributed by atoms with Crippen molar-refractivity contribution in [3.05, 3.63) is 96.5 Å². The van der Waals surface area contributed by atoms with Gasteiger partial charge in [-0.15, -0.1) is 0 Å². The molecular formula is C24H18N2O6. The van der Waals surface area contributed by atoms with Crippen LogP contribution in [0.2, 0.25) is 0 Å². The standard InChI is InChI=1S/C24H18N2O6/c1-30-20-8-7-19(15-21(20)32-22-6-3-13-31-22)26(23(27)16-9-11-25-12-10-16)18-5-2-4-17(14-18)24(28)29/h2-15H,1H3,(H,28,29). The lowest BCUT2D eigenvalue weighted by Gasteiger charge is -2.24. The molecule has 2 aromatic carbocycles. The molecule has 160 valence electrons. The van der Waals surface area contributed by atoms with Gasteiger partial charge in [-0.2, -0.15) is 0 Å². The molecule has 8 heteroatoms. The molecule has 4 aromatic rings. The molecule has 0 spiro atoms. The summed E-state index contributed by atoms with van der Waals surface area (Å²) in [6.07, 6.45) is 4.50. The molecule has 0 fully saturated rings. The van der Waals surface area contributed by atoms with Gasteiger partial charge < -0.3 is 19.0 Å². The second-order valence-corrected chi connectivity index (χ2v) is 6.60. The van der Waals surface area contributed by atoms with Crippen LogP contribution in [0.3, 0.4) is 0 Å². The average Bonchev–Trinajstić information content (AvgIpc) is 3.33. The van der Waals surface area contributed by atoms with E-state index in [0.29, 0.717) is 28.4 Å². The summed E-state index contributed by atoms with van der Waals surface area (Å²) in [7, 11) is 1.50. The summed E-state index contributed by atoms with van der Waals surface area (Å²) in [5.74, 6) is -0.466. The molecule has 8 nitrogen and oxygen atoms in total. The third-order valence-electron chi connectivity index (χ3n) is 4.59. The molecule has 2 heterocycles. The average molecular weight is 430 g/mol. The number of methoxy groups -OCH3 is 1. The first-order valence-electron chi connectivity index (χ1n) is 9.54. The SMILES string of the molecule is COc1ccc(N(C(=O)c2ccncc2)c2cccc(C(=O)O)c2)cc1Oc1ccco1. The van der Waals surface area contributed by atoms with Crippen LogP contribution in [0.25, 0.3) is 0 Å². The van der Waals surface area contributed by atoms with E-state index < -0.39 is 5.97 Å². The summed E-state index contributed by atoms with van der Waals surface area (Å²) in [5.41, 5.74) is 1.25. The Morgan fingerprint density at radius 3 is 2.38 bits per heavy atom. The molecule has 0 atom stereocenters. The fraction of sp³-hybridized carbons (Fsp3) is 0.0417. The molecule has 2 aromatic heterocycles. The van der Waals surface area contributed by atoms with E-state index in [1.165, 1.54) is 42.8 Å². The van der Waals surface area contributed by atoms with Crippen molar-refractivity contribution in [1.29, 1.82) is 0 Å². The molecule has 0 saturated heterocycles. The first-order chi connectivity index (χ1) is 15.6. The molecular weight excluding hydrogens is 412 g/mol. The minimum absolute atomic E-state index is 0.0515. The minimum atomic E-state index is -1.10. The second kappa shape index (κ2) is 9.05. The maximum atomic E-state index is 13.5. The number of ether oxygens (including phenoxy) is 2. The second-order valence-electron chi connectivity index (χ2n) is 6.60. The molecule has 4 rings (SSSR count). The lowest BCUT2D eigenvalue weighted by molar-refractivity contribution is 0.0696. The van der Waals surface area contributed by atoms with Gasteiger partial charge in [0.25, 0.3) is 11.9 Å². The first kappa shape index (κ1) is 20.7. The van der Waals surface area contributed by atoms with E-state index in [4.69, 9.17) is 13.9 Å². The Morgan fingerprint density at radius 1 is 0.906 bits per heavy atom. The molecule has 32 heavy (non-hydrogen) atoms. The molecule has 0 unspecified atom stereocenters. The predicted octanol–water partition coefficient (Wildman–Crippen LogP) is 5.15. The first-order valence-corrected chi connectivity index (χ1v) is 9.54. The molecule has 0 bridgehead atoms. The van der Waals surface area contributed by atoms with E-state index in [2.05, 4.69) is 4.98 Å². The fourth-order valence-electron chi connectivity index (χ4n) is 3.10. The van der Waals surface area contributed by atoms with Crippen LogP contribution in [0.15, 0.2) is 89.8 Å². The van der Waals surface area contributed by atoms with Crippen LogP contribution < -0.4 is 14.4 Å². The van der Waals surface area contributed by atoms with Crippen LogP contribution in [0.4, 0.5) is 11.4 Å². The summed E-state index contributed by atoms with van der Waals surface area (Å²) in [4.78, 5) is 30.3. The summed E-state index contributed by atoms with van der Waals surface area (Å²) in [5, 5.41) is 9.41. The van der Waals surface area contributed by atoms with Gasteiger partial charge in [-0.1, -0.05) is 6.07 Å². The van der Waals surface area contributed by atoms with Gasteiger partial charge in [0.1, 0.15) is 0 Å². The van der Waals surface area contributed by atoms with Crippen molar-refractivity contribution in [2.45, 2.75) is 0 Å². The summed E-state index contributed by atoms with van der Waals surface area (Å²) in [6, 6.07) is 17.6. The normalized spacial score (nSPS) is 10.4. The number of furan rings is 1. The molecule has 0 aliphatic heterocycles. The lowest BCUT2D eigenvalue weighted by Crippen LogP contribution is -2.26. The Bertz CT molecular complexity index is 1240. The van der Waals surface area contributed by atoms with Gasteiger partial charge in [0.2, 0.25) is 0 Å². The highest BCUT2D eigenvalue weighted by atomic mass is 16.6. The third-order valence-corrected chi connectivity index (χ3v) is 4.59. The number of aromatic nitrogens is 1. The zero-order chi connectivity index (χ0) is 22.5. The van der Waals surface area contributed by atoms with Crippen molar-refractivity contribution in [2.24, 2.45) is 0 Å². The number of carbonyl (C=O) groups is 2. The molecule has 1 N–H and O–H groups in total. The maximum Gasteiger partial charge on any atom is 0.335 e. The highest BCUT2D eigenvalue weighted by Crippen LogP contribution is 2.38. The molecule has 0 radical (unpaired) electrons. The number of carbonyl (C=O) groups excluding carboxylic acids is 1. The van der Waals surface area contributed by atoms with Gasteiger partial charge in [0.15, 0.2) is 11.5 Å². The maximum absolute atomic E-state index is 13.5. The lowest BCUT2D eigenvalue weighted by atomic mass is 10.1. The van der Waals surface area contributed by atoms with Crippen LogP contribution in [0.1, 0.15) is 20.7 Å². The number of rotatable bonds is 7. The number of pyridine rings is 1. The number of anilines is 2. The number of hydrogen-bond acceptors (Lipinski definition) is 6. The van der Waals surface area contributed by atoms with E-state index >= 15 is 0 Å². The summed E-state index contributed by atoms with van der Waals surface area (Å²) in [6.45, 7) is 0. The monoisotopic (exact) mass is 430 g/mol. The Labute approximate surface area is 183 Å². The van der Waals surface area contributed by atoms with E-state index in [0.717, 1.165) is 0 Å². The number of carboxylic acids is 1. The van der Waals surface area contributed by atoms with Crippen LogP contribution in [0.5, 0.6) is 17.4 Å². The summed E-state index contributed by atoms with van der Waals surface area (Å²) >= 11 is 0. The Kier molecular flexibility index (Phi) is 5.85. The number of aromatic carboxylic acids is 1. The van der Waals surface area contributed by atoms with Gasteiger partial charge in [-0.05, 0) is 48.5 Å². The third kappa shape index (κ3) is 4.29. The highest BCUT2D eigenvalue weighted by Gasteiger charge is 2.23. The number of amides is 1. The fourth-order valence-corrected chi connectivity index (χ4v) is 3.10. The topological polar surface area (TPSA) is 102 Å². The zero-order valence-corrected chi connectivity index (χ0v) is 17.0. The largest absolute Gasteiger partial charge is 0.493 e. The Balaban J connectivity index is 1.83. The van der Waals surface area contributed by atoms with Gasteiger partial charge >= 0.3 is 5.97 Å². The quantitative estimate of drug-likeness (QED) is 0.432. The van der Waals surface area contributed by atoms with Gasteiger partial charge in [0, 0.05) is 30.1 Å². The smallest absolute Gasteiger partial charge is 0.335 e. The number of benzene rings is 2. The van der Waals surface area contributed by atoms with E-state index in [9.17, 15) is 14.7 Å². The number of nitrogens with zero attached hydrogens (tertiary/aromatic N) is 2. The Morgan fingerprint density at radius 2 is 1.69 bits per heavy atom. The molecule has 0 aliphatic rings. The van der Waals surface area contributed by atoms with Gasteiger partial charge in [0.05, 0.1) is 30.3 Å². The van der Waals surface area contributed by atoms with Crippen LogP contribution in [0, 0.1) is 0 Å². The number of carboxylic acid groups (broad SMARTS) is 1. The number of hydrogen-bond donors (Lipinski definition) is 1. The Hall–Kier alpha value is -4.59. The van der Waals surface area contributed by atoms with E-state index in [1.54, 1.807) is 54.6 Å². The van der Waals surface area contributed by atoms with Crippen molar-refractivity contribution in [2.75, 3.05) is 12.0 Å². The predicted molar refractivity (Wildman–Crippen MR) is 116 cm³/mol. The highest BCUT2D eigenvalue weighted by molar-refractivity contribution is 6.11. The van der Waals surface area contributed by atoms with Gasteiger partial charge in [-0.25, -0.2) is 4.79 Å². The van der Waals surface area contributed by atoms with Crippen LogP contribution >= 0.6 is 0 Å². The van der Waals surface area contributed by atoms with Crippen LogP contribution in [-0.4, -0.2) is 29.1 Å². The minimum Gasteiger partial charge on any atom is -0.493 e. The molecule has 0 aliphatic carbocycles. The van der Waals surface area contributed by atoms with Crippen molar-refractivity contribution in [1.82, 2.24) is 4.98 Å². The zero-order valence-electron chi connectivity index (χ0n) is 17.0. The van der Waals surface area contributed by atoms with Crippen molar-refractivity contribution in [3.63, 3.8) is 0 Å². The molecule has 0 saturated carbocycles. The van der Waals surface area contributed by atoms with Crippen molar-refractivity contribution in [3.8, 4) is 17.4 Å². The van der Waals surface area contributed by atoms with Crippen molar-refractivity contribution >= 4 is 23.3 Å². The van der Waals surface area contributed by atoms with E-state index in [-0.39, 0.29) is 17.4 Å². The molecule has 1 amide bonds. The van der Waals surface area contributed by atoms with E-state index in [1.807, 2.05) is 0 Å². The van der Waals surface area contributed by atoms with Gasteiger partial charge in [-0.3, -0.25) is 14.7 Å². The summed E-state index contributed by atoms with van der Waals surface area (Å²) < 4.78 is 16.4.